The molecule has 0 atom stereocenters. The zero-order chi connectivity index (χ0) is 28.1. The number of unbranched alkanes of at least 4 members (excludes halogenated alkanes) is 1. The highest BCUT2D eigenvalue weighted by molar-refractivity contribution is 5.69. The maximum atomic E-state index is 11.7. The number of hydrogen-bond donors (Lipinski definition) is 0. The van der Waals surface area contributed by atoms with Crippen molar-refractivity contribution in [1.29, 1.82) is 5.26 Å². The molecule has 0 spiro atoms. The molecule has 0 radical (unpaired) electrons. The van der Waals surface area contributed by atoms with E-state index in [2.05, 4.69) is 56.8 Å². The van der Waals surface area contributed by atoms with Crippen LogP contribution in [-0.4, -0.2) is 12.6 Å². The molecule has 39 heavy (non-hydrogen) atoms. The third kappa shape index (κ3) is 9.97. The van der Waals surface area contributed by atoms with Crippen LogP contribution in [0.15, 0.2) is 84.1 Å². The summed E-state index contributed by atoms with van der Waals surface area (Å²) in [5, 5.41) is 9.11. The molecule has 0 saturated carbocycles. The Hall–Kier alpha value is -4.06. The Kier molecular flexibility index (Phi) is 11.2. The molecule has 0 amide bonds. The number of allylic oxidation sites excluding steroid dienone is 1. The summed E-state index contributed by atoms with van der Waals surface area (Å²) < 4.78 is 11.3. The summed E-state index contributed by atoms with van der Waals surface area (Å²) >= 11 is 0. The molecule has 202 valence electrons. The molecule has 0 fully saturated rings. The summed E-state index contributed by atoms with van der Waals surface area (Å²) in [6, 6.07) is 26.4. The summed E-state index contributed by atoms with van der Waals surface area (Å²) in [6.07, 6.45) is 5.60. The minimum absolute atomic E-state index is 0.122. The number of carbonyl (C=O) groups is 1. The zero-order valence-corrected chi connectivity index (χ0v) is 23.6. The van der Waals surface area contributed by atoms with Crippen molar-refractivity contribution in [2.24, 2.45) is 0 Å². The number of benzene rings is 3. The average Bonchev–Trinajstić information content (AvgIpc) is 2.93. The van der Waals surface area contributed by atoms with Crippen molar-refractivity contribution in [2.75, 3.05) is 6.61 Å². The molecule has 0 bridgehead atoms. The van der Waals surface area contributed by atoms with Gasteiger partial charge in [0.1, 0.15) is 12.4 Å². The fraction of sp³-hybridized carbons (Fsp3) is 0.343. The lowest BCUT2D eigenvalue weighted by atomic mass is 9.87. The average molecular weight is 522 g/mol. The third-order valence-electron chi connectivity index (χ3n) is 6.48. The Morgan fingerprint density at radius 1 is 0.897 bits per heavy atom. The van der Waals surface area contributed by atoms with Crippen LogP contribution in [0.1, 0.15) is 81.2 Å². The van der Waals surface area contributed by atoms with E-state index in [-0.39, 0.29) is 11.4 Å². The van der Waals surface area contributed by atoms with E-state index in [1.807, 2.05) is 61.5 Å². The van der Waals surface area contributed by atoms with Crippen molar-refractivity contribution in [3.05, 3.63) is 112 Å². The topological polar surface area (TPSA) is 59.3 Å². The minimum Gasteiger partial charge on any atom is -0.488 e. The van der Waals surface area contributed by atoms with Crippen molar-refractivity contribution >= 4 is 12.0 Å². The number of rotatable bonds is 12. The molecule has 3 aromatic rings. The van der Waals surface area contributed by atoms with Gasteiger partial charge in [-0.25, -0.2) is 0 Å². The molecule has 0 heterocycles. The third-order valence-corrected chi connectivity index (χ3v) is 6.48. The van der Waals surface area contributed by atoms with E-state index in [1.165, 1.54) is 5.56 Å². The van der Waals surface area contributed by atoms with Crippen LogP contribution >= 0.6 is 0 Å². The molecule has 4 nitrogen and oxygen atoms in total. The molecule has 0 N–H and O–H groups in total. The first kappa shape index (κ1) is 29.5. The van der Waals surface area contributed by atoms with Gasteiger partial charge in [0.15, 0.2) is 0 Å². The summed E-state index contributed by atoms with van der Waals surface area (Å²) in [6.45, 7) is 9.37. The Bertz CT molecular complexity index is 1320. The highest BCUT2D eigenvalue weighted by atomic mass is 16.5. The minimum atomic E-state index is -0.148. The fourth-order valence-corrected chi connectivity index (χ4v) is 4.17. The monoisotopic (exact) mass is 521 g/mol. The molecule has 3 aromatic carbocycles. The van der Waals surface area contributed by atoms with Crippen LogP contribution in [0.25, 0.3) is 6.08 Å². The molecule has 0 saturated heterocycles. The Balaban J connectivity index is 1.75. The van der Waals surface area contributed by atoms with Gasteiger partial charge in [0.05, 0.1) is 18.2 Å². The maximum absolute atomic E-state index is 11.7. The smallest absolute Gasteiger partial charge is 0.305 e. The van der Waals surface area contributed by atoms with Gasteiger partial charge in [0.2, 0.25) is 0 Å². The van der Waals surface area contributed by atoms with Crippen LogP contribution < -0.4 is 4.74 Å². The van der Waals surface area contributed by atoms with Crippen molar-refractivity contribution in [1.82, 2.24) is 0 Å². The number of carbonyl (C=O) groups excluding carboxylic acids is 1. The van der Waals surface area contributed by atoms with Gasteiger partial charge in [0, 0.05) is 18.4 Å². The van der Waals surface area contributed by atoms with E-state index in [0.29, 0.717) is 25.2 Å². The van der Waals surface area contributed by atoms with Gasteiger partial charge in [-0.05, 0) is 78.1 Å². The molecule has 0 aliphatic carbocycles. The van der Waals surface area contributed by atoms with Crippen LogP contribution in [0.2, 0.25) is 0 Å². The summed E-state index contributed by atoms with van der Waals surface area (Å²) in [4.78, 5) is 11.7. The number of esters is 1. The molecular formula is C35H39NO3. The molecule has 3 rings (SSSR count). The van der Waals surface area contributed by atoms with Crippen molar-refractivity contribution in [3.63, 3.8) is 0 Å². The summed E-state index contributed by atoms with van der Waals surface area (Å²) in [5.41, 5.74) is 9.94. The quantitative estimate of drug-likeness (QED) is 0.137. The van der Waals surface area contributed by atoms with Gasteiger partial charge < -0.3 is 9.47 Å². The highest BCUT2D eigenvalue weighted by Gasteiger charge is 2.13. The predicted octanol–water partition coefficient (Wildman–Crippen LogP) is 8.34. The number of hydrogen-bond acceptors (Lipinski definition) is 4. The van der Waals surface area contributed by atoms with Crippen LogP contribution in [0.3, 0.4) is 0 Å². The molecule has 4 heteroatoms. The number of ether oxygens (including phenoxy) is 2. The largest absolute Gasteiger partial charge is 0.488 e. The molecular weight excluding hydrogens is 482 g/mol. The summed E-state index contributed by atoms with van der Waals surface area (Å²) in [5.74, 6) is 0.662. The normalized spacial score (nSPS) is 10.7. The Labute approximate surface area is 233 Å². The first-order chi connectivity index (χ1) is 18.8. The van der Waals surface area contributed by atoms with Crippen molar-refractivity contribution in [2.45, 2.75) is 71.8 Å². The predicted molar refractivity (Wildman–Crippen MR) is 157 cm³/mol. The lowest BCUT2D eigenvalue weighted by Crippen LogP contribution is -2.10. The van der Waals surface area contributed by atoms with E-state index in [9.17, 15) is 4.79 Å². The highest BCUT2D eigenvalue weighted by Crippen LogP contribution is 2.24. The summed E-state index contributed by atoms with van der Waals surface area (Å²) in [7, 11) is 0. The first-order valence-corrected chi connectivity index (χ1v) is 13.7. The van der Waals surface area contributed by atoms with E-state index in [1.54, 1.807) is 0 Å². The lowest BCUT2D eigenvalue weighted by Gasteiger charge is -2.19. The van der Waals surface area contributed by atoms with Crippen LogP contribution in [-0.2, 0) is 28.0 Å². The Morgan fingerprint density at radius 2 is 1.56 bits per heavy atom. The van der Waals surface area contributed by atoms with Crippen molar-refractivity contribution < 1.29 is 14.3 Å². The van der Waals surface area contributed by atoms with Gasteiger partial charge in [-0.1, -0.05) is 75.4 Å². The maximum Gasteiger partial charge on any atom is 0.305 e. The van der Waals surface area contributed by atoms with Crippen LogP contribution in [0.5, 0.6) is 5.75 Å². The van der Waals surface area contributed by atoms with Crippen molar-refractivity contribution in [3.8, 4) is 11.8 Å². The lowest BCUT2D eigenvalue weighted by molar-refractivity contribution is -0.143. The molecule has 0 unspecified atom stereocenters. The van der Waals surface area contributed by atoms with Gasteiger partial charge in [-0.3, -0.25) is 4.79 Å². The fourth-order valence-electron chi connectivity index (χ4n) is 4.17. The second kappa shape index (κ2) is 14.8. The number of nitrogens with zero attached hydrogens (tertiary/aromatic N) is 1. The van der Waals surface area contributed by atoms with Crippen LogP contribution in [0.4, 0.5) is 0 Å². The van der Waals surface area contributed by atoms with E-state index in [0.717, 1.165) is 53.7 Å². The van der Waals surface area contributed by atoms with E-state index in [4.69, 9.17) is 14.7 Å². The molecule has 0 aliphatic heterocycles. The first-order valence-electron chi connectivity index (χ1n) is 13.7. The number of para-hydroxylation sites is 1. The molecule has 0 aromatic heterocycles. The van der Waals surface area contributed by atoms with Gasteiger partial charge >= 0.3 is 5.97 Å². The second-order valence-electron chi connectivity index (χ2n) is 10.7. The van der Waals surface area contributed by atoms with Gasteiger partial charge in [0.25, 0.3) is 0 Å². The van der Waals surface area contributed by atoms with E-state index >= 15 is 0 Å². The van der Waals surface area contributed by atoms with Crippen LogP contribution in [0, 0.1) is 11.3 Å². The molecule has 0 aliphatic rings. The Morgan fingerprint density at radius 3 is 2.23 bits per heavy atom. The van der Waals surface area contributed by atoms with Gasteiger partial charge in [-0.2, -0.15) is 5.26 Å². The zero-order valence-electron chi connectivity index (χ0n) is 23.6. The second-order valence-corrected chi connectivity index (χ2v) is 10.7. The standard InChI is InChI=1S/C35H39NO3/c1-5-38-34(37)13-9-6-10-27(24-28-14-16-29(25-36)17-15-28)18-21-31-11-7-8-12-33(31)39-26-30-19-22-32(23-20-30)35(2,3)4/h7-8,11-12,14-17,19-23H,5-6,9-10,13,24,26H2,1-4H3. The SMILES string of the molecule is CCOC(=O)CCCCC(=C=Cc1ccccc1OCc1ccc(C(C)(C)C)cc1)Cc1ccc(C#N)cc1. The van der Waals surface area contributed by atoms with E-state index < -0.39 is 0 Å². The number of nitriles is 1. The van der Waals surface area contributed by atoms with Gasteiger partial charge in [-0.15, -0.1) is 5.73 Å².